The standard InChI is InChI=1S/C14H22N2O5/c17-12(18)7-11(13(19)20)15-14(21)16-6-5-9-3-1-2-4-10(9)8-16/h9-11H,1-8H2,(H,15,21)(H,17,18)(H,19,20)/t9?,10?,11-/m0/s1. The number of nitrogens with one attached hydrogen (secondary N) is 1. The summed E-state index contributed by atoms with van der Waals surface area (Å²) in [5.41, 5.74) is 0. The van der Waals surface area contributed by atoms with Gasteiger partial charge in [0.05, 0.1) is 6.42 Å². The molecular formula is C14H22N2O5. The van der Waals surface area contributed by atoms with Crippen LogP contribution in [-0.4, -0.2) is 52.2 Å². The molecule has 7 heteroatoms. The molecule has 118 valence electrons. The fourth-order valence-electron chi connectivity index (χ4n) is 3.40. The molecule has 7 nitrogen and oxygen atoms in total. The van der Waals surface area contributed by atoms with Crippen LogP contribution in [0.1, 0.15) is 38.5 Å². The topological polar surface area (TPSA) is 107 Å². The molecule has 0 aromatic carbocycles. The zero-order chi connectivity index (χ0) is 15.4. The van der Waals surface area contributed by atoms with Gasteiger partial charge in [0.25, 0.3) is 0 Å². The lowest BCUT2D eigenvalue weighted by molar-refractivity contribution is -0.145. The molecule has 1 heterocycles. The summed E-state index contributed by atoms with van der Waals surface area (Å²) in [4.78, 5) is 35.4. The third kappa shape index (κ3) is 4.09. The van der Waals surface area contributed by atoms with Gasteiger partial charge in [0.15, 0.2) is 0 Å². The van der Waals surface area contributed by atoms with Gasteiger partial charge in [-0.15, -0.1) is 0 Å². The van der Waals surface area contributed by atoms with E-state index in [4.69, 9.17) is 10.2 Å². The molecular weight excluding hydrogens is 276 g/mol. The number of aliphatic carboxylic acids is 2. The molecule has 0 bridgehead atoms. The van der Waals surface area contributed by atoms with Crippen molar-refractivity contribution in [1.82, 2.24) is 10.2 Å². The first kappa shape index (κ1) is 15.6. The highest BCUT2D eigenvalue weighted by Gasteiger charge is 2.34. The number of hydrogen-bond donors (Lipinski definition) is 3. The predicted octanol–water partition coefficient (Wildman–Crippen LogP) is 1.14. The van der Waals surface area contributed by atoms with Crippen LogP contribution in [0.4, 0.5) is 4.79 Å². The molecule has 1 aliphatic heterocycles. The van der Waals surface area contributed by atoms with Crippen LogP contribution in [0.25, 0.3) is 0 Å². The van der Waals surface area contributed by atoms with Crippen LogP contribution in [0.5, 0.6) is 0 Å². The highest BCUT2D eigenvalue weighted by molar-refractivity contribution is 5.86. The maximum absolute atomic E-state index is 12.1. The lowest BCUT2D eigenvalue weighted by Gasteiger charge is -2.41. The van der Waals surface area contributed by atoms with Gasteiger partial charge in [-0.2, -0.15) is 0 Å². The molecule has 0 radical (unpaired) electrons. The van der Waals surface area contributed by atoms with Gasteiger partial charge >= 0.3 is 18.0 Å². The van der Waals surface area contributed by atoms with Crippen molar-refractivity contribution in [2.24, 2.45) is 11.8 Å². The molecule has 3 N–H and O–H groups in total. The molecule has 2 rings (SSSR count). The normalized spacial score (nSPS) is 26.6. The minimum absolute atomic E-state index is 0.465. The highest BCUT2D eigenvalue weighted by atomic mass is 16.4. The monoisotopic (exact) mass is 298 g/mol. The van der Waals surface area contributed by atoms with Crippen LogP contribution in [0.3, 0.4) is 0 Å². The van der Waals surface area contributed by atoms with Crippen molar-refractivity contribution in [2.75, 3.05) is 13.1 Å². The molecule has 2 amide bonds. The van der Waals surface area contributed by atoms with Crippen molar-refractivity contribution in [3.8, 4) is 0 Å². The van der Waals surface area contributed by atoms with Crippen molar-refractivity contribution < 1.29 is 24.6 Å². The van der Waals surface area contributed by atoms with Crippen molar-refractivity contribution in [3.05, 3.63) is 0 Å². The molecule has 0 spiro atoms. The SMILES string of the molecule is O=C(O)C[C@H](NC(=O)N1CCC2CCCCC2C1)C(=O)O. The summed E-state index contributed by atoms with van der Waals surface area (Å²) in [5, 5.41) is 20.0. The van der Waals surface area contributed by atoms with E-state index in [1.807, 2.05) is 0 Å². The fourth-order valence-corrected chi connectivity index (χ4v) is 3.40. The van der Waals surface area contributed by atoms with E-state index >= 15 is 0 Å². The number of rotatable bonds is 4. The number of nitrogens with zero attached hydrogens (tertiary/aromatic N) is 1. The number of urea groups is 1. The Kier molecular flexibility index (Phi) is 5.03. The zero-order valence-corrected chi connectivity index (χ0v) is 12.0. The van der Waals surface area contributed by atoms with Crippen LogP contribution < -0.4 is 5.32 Å². The van der Waals surface area contributed by atoms with E-state index < -0.39 is 30.4 Å². The Labute approximate surface area is 123 Å². The Hall–Kier alpha value is -1.79. The van der Waals surface area contributed by atoms with Gasteiger partial charge < -0.3 is 20.4 Å². The molecule has 1 aliphatic carbocycles. The van der Waals surface area contributed by atoms with Crippen LogP contribution in [0.2, 0.25) is 0 Å². The van der Waals surface area contributed by atoms with Crippen molar-refractivity contribution in [1.29, 1.82) is 0 Å². The lowest BCUT2D eigenvalue weighted by Crippen LogP contribution is -2.53. The minimum Gasteiger partial charge on any atom is -0.481 e. The summed E-state index contributed by atoms with van der Waals surface area (Å²) in [6.07, 6.45) is 5.12. The Morgan fingerprint density at radius 3 is 2.38 bits per heavy atom. The zero-order valence-electron chi connectivity index (χ0n) is 12.0. The third-order valence-electron chi connectivity index (χ3n) is 4.55. The van der Waals surface area contributed by atoms with Gasteiger partial charge in [-0.05, 0) is 24.7 Å². The average molecular weight is 298 g/mol. The first-order valence-corrected chi connectivity index (χ1v) is 7.47. The first-order valence-electron chi connectivity index (χ1n) is 7.47. The number of amides is 2. The third-order valence-corrected chi connectivity index (χ3v) is 4.55. The molecule has 2 unspecified atom stereocenters. The Balaban J connectivity index is 1.90. The largest absolute Gasteiger partial charge is 0.481 e. The fraction of sp³-hybridized carbons (Fsp3) is 0.786. The second kappa shape index (κ2) is 6.78. The molecule has 21 heavy (non-hydrogen) atoms. The van der Waals surface area contributed by atoms with Gasteiger partial charge in [0.1, 0.15) is 6.04 Å². The van der Waals surface area contributed by atoms with E-state index in [1.165, 1.54) is 19.3 Å². The number of fused-ring (bicyclic) bond motifs is 1. The van der Waals surface area contributed by atoms with Gasteiger partial charge in [-0.25, -0.2) is 9.59 Å². The number of carboxylic acid groups (broad SMARTS) is 2. The van der Waals surface area contributed by atoms with Crippen LogP contribution in [-0.2, 0) is 9.59 Å². The number of hydrogen-bond acceptors (Lipinski definition) is 3. The first-order chi connectivity index (χ1) is 9.97. The Morgan fingerprint density at radius 1 is 1.10 bits per heavy atom. The summed E-state index contributed by atoms with van der Waals surface area (Å²) in [6.45, 7) is 1.27. The van der Waals surface area contributed by atoms with Crippen molar-refractivity contribution >= 4 is 18.0 Å². The van der Waals surface area contributed by atoms with Gasteiger partial charge in [0, 0.05) is 13.1 Å². The van der Waals surface area contributed by atoms with Crippen LogP contribution in [0, 0.1) is 11.8 Å². The molecule has 0 aromatic rings. The number of carboxylic acids is 2. The van der Waals surface area contributed by atoms with Gasteiger partial charge in [-0.1, -0.05) is 19.3 Å². The number of carbonyl (C=O) groups excluding carboxylic acids is 1. The van der Waals surface area contributed by atoms with E-state index in [0.29, 0.717) is 24.9 Å². The summed E-state index contributed by atoms with van der Waals surface area (Å²) in [6, 6.07) is -1.84. The maximum Gasteiger partial charge on any atom is 0.326 e. The second-order valence-corrected chi connectivity index (χ2v) is 5.98. The quantitative estimate of drug-likeness (QED) is 0.721. The van der Waals surface area contributed by atoms with E-state index in [-0.39, 0.29) is 0 Å². The Bertz CT molecular complexity index is 426. The molecule has 2 fully saturated rings. The van der Waals surface area contributed by atoms with Crippen LogP contribution in [0.15, 0.2) is 0 Å². The molecule has 1 saturated heterocycles. The van der Waals surface area contributed by atoms with E-state index in [2.05, 4.69) is 5.32 Å². The van der Waals surface area contributed by atoms with E-state index in [0.717, 1.165) is 12.8 Å². The number of carbonyl (C=O) groups is 3. The van der Waals surface area contributed by atoms with Gasteiger partial charge in [-0.3, -0.25) is 4.79 Å². The van der Waals surface area contributed by atoms with Crippen molar-refractivity contribution in [3.63, 3.8) is 0 Å². The maximum atomic E-state index is 12.1. The number of piperidine rings is 1. The second-order valence-electron chi connectivity index (χ2n) is 5.98. The summed E-state index contributed by atoms with van der Waals surface area (Å²) < 4.78 is 0. The minimum atomic E-state index is -1.38. The number of likely N-dealkylation sites (tertiary alicyclic amines) is 1. The molecule has 1 saturated carbocycles. The van der Waals surface area contributed by atoms with Gasteiger partial charge in [0.2, 0.25) is 0 Å². The van der Waals surface area contributed by atoms with E-state index in [1.54, 1.807) is 4.90 Å². The highest BCUT2D eigenvalue weighted by Crippen LogP contribution is 2.35. The molecule has 2 aliphatic rings. The van der Waals surface area contributed by atoms with Crippen molar-refractivity contribution in [2.45, 2.75) is 44.6 Å². The molecule has 0 aromatic heterocycles. The molecule has 3 atom stereocenters. The van der Waals surface area contributed by atoms with E-state index in [9.17, 15) is 14.4 Å². The summed E-state index contributed by atoms with van der Waals surface area (Å²) >= 11 is 0. The Morgan fingerprint density at radius 2 is 1.76 bits per heavy atom. The van der Waals surface area contributed by atoms with Crippen LogP contribution >= 0.6 is 0 Å². The average Bonchev–Trinajstić information content (AvgIpc) is 2.45. The summed E-state index contributed by atoms with van der Waals surface area (Å²) in [7, 11) is 0. The predicted molar refractivity (Wildman–Crippen MR) is 73.8 cm³/mol. The summed E-state index contributed by atoms with van der Waals surface area (Å²) in [5.74, 6) is -1.38. The smallest absolute Gasteiger partial charge is 0.326 e. The lowest BCUT2D eigenvalue weighted by atomic mass is 9.75.